The third-order valence-corrected chi connectivity index (χ3v) is 9.10. The number of aromatic nitrogens is 1. The van der Waals surface area contributed by atoms with Gasteiger partial charge in [0.25, 0.3) is 0 Å². The number of sulfone groups is 1. The van der Waals surface area contributed by atoms with Crippen molar-refractivity contribution < 1.29 is 26.7 Å². The molecule has 1 aliphatic rings. The monoisotopic (exact) mass is 610 g/mol. The molecule has 1 atom stereocenters. The predicted octanol–water partition coefficient (Wildman–Crippen LogP) is 5.98. The van der Waals surface area contributed by atoms with Crippen molar-refractivity contribution in [1.82, 2.24) is 10.3 Å². The maximum absolute atomic E-state index is 14.0. The zero-order valence-corrected chi connectivity index (χ0v) is 24.9. The zero-order chi connectivity index (χ0) is 28.5. The molecule has 1 aromatic heterocycles. The summed E-state index contributed by atoms with van der Waals surface area (Å²) in [4.78, 5) is 17.6. The van der Waals surface area contributed by atoms with Crippen LogP contribution in [0.5, 0.6) is 0 Å². The van der Waals surface area contributed by atoms with Crippen LogP contribution >= 0.6 is 15.9 Å². The Balaban J connectivity index is 2.17. The average molecular weight is 612 g/mol. The number of fused-ring (bicyclic) bond motifs is 1. The topological polar surface area (TPSA) is 85.4 Å². The highest BCUT2D eigenvalue weighted by Gasteiger charge is 2.30. The van der Waals surface area contributed by atoms with Gasteiger partial charge in [0, 0.05) is 28.8 Å². The third-order valence-electron chi connectivity index (χ3n) is 6.26. The summed E-state index contributed by atoms with van der Waals surface area (Å²) in [6, 6.07) is 3.14. The summed E-state index contributed by atoms with van der Waals surface area (Å²) in [7, 11) is -3.47. The molecule has 0 saturated carbocycles. The van der Waals surface area contributed by atoms with Gasteiger partial charge in [-0.25, -0.2) is 27.0 Å². The molecule has 1 N–H and O–H groups in total. The van der Waals surface area contributed by atoms with E-state index in [-0.39, 0.29) is 12.0 Å². The molecule has 10 heteroatoms. The molecule has 0 saturated heterocycles. The van der Waals surface area contributed by atoms with Crippen molar-refractivity contribution in [2.75, 3.05) is 6.26 Å². The lowest BCUT2D eigenvalue weighted by atomic mass is 9.89. The van der Waals surface area contributed by atoms with Gasteiger partial charge in [0.2, 0.25) is 0 Å². The van der Waals surface area contributed by atoms with E-state index in [1.54, 1.807) is 20.8 Å². The largest absolute Gasteiger partial charge is 0.439 e. The Hall–Kier alpha value is -2.51. The van der Waals surface area contributed by atoms with Crippen LogP contribution in [0.3, 0.4) is 0 Å². The van der Waals surface area contributed by atoms with E-state index < -0.39 is 44.0 Å². The smallest absolute Gasteiger partial charge is 0.408 e. The van der Waals surface area contributed by atoms with Gasteiger partial charge in [0.1, 0.15) is 22.1 Å². The second-order valence-electron chi connectivity index (χ2n) is 11.1. The van der Waals surface area contributed by atoms with E-state index in [0.29, 0.717) is 15.9 Å². The lowest BCUT2D eigenvalue weighted by molar-refractivity contribution is 0.0883. The summed E-state index contributed by atoms with van der Waals surface area (Å²) in [5, 5.41) is 2.74. The van der Waals surface area contributed by atoms with Crippen LogP contribution in [0, 0.1) is 23.5 Å². The number of alkyl carbamates (subject to hydrolysis) is 1. The lowest BCUT2D eigenvalue weighted by Crippen LogP contribution is -2.41. The van der Waals surface area contributed by atoms with Gasteiger partial charge in [-0.2, -0.15) is 0 Å². The van der Waals surface area contributed by atoms with Crippen molar-refractivity contribution in [3.63, 3.8) is 0 Å². The van der Waals surface area contributed by atoms with Crippen LogP contribution in [-0.4, -0.2) is 36.0 Å². The van der Waals surface area contributed by atoms with Gasteiger partial charge in [0.15, 0.2) is 15.9 Å². The van der Waals surface area contributed by atoms with E-state index in [2.05, 4.69) is 33.1 Å². The fourth-order valence-electron chi connectivity index (χ4n) is 4.02. The van der Waals surface area contributed by atoms with E-state index >= 15 is 0 Å². The van der Waals surface area contributed by atoms with Crippen LogP contribution in [0.4, 0.5) is 13.6 Å². The van der Waals surface area contributed by atoms with Crippen LogP contribution in [0.2, 0.25) is 0 Å². The molecule has 0 radical (unpaired) electrons. The third kappa shape index (κ3) is 7.54. The van der Waals surface area contributed by atoms with E-state index in [1.807, 2.05) is 0 Å². The van der Waals surface area contributed by atoms with E-state index in [4.69, 9.17) is 9.72 Å². The molecule has 2 aromatic rings. The van der Waals surface area contributed by atoms with E-state index in [9.17, 15) is 22.0 Å². The van der Waals surface area contributed by atoms with Crippen LogP contribution in [0.15, 0.2) is 22.7 Å². The molecular weight excluding hydrogens is 578 g/mol. The molecule has 1 amide bonds. The summed E-state index contributed by atoms with van der Waals surface area (Å²) < 4.78 is 57.6. The second-order valence-corrected chi connectivity index (χ2v) is 14.5. The lowest BCUT2D eigenvalue weighted by Gasteiger charge is -2.26. The van der Waals surface area contributed by atoms with Gasteiger partial charge in [-0.15, -0.1) is 0 Å². The number of carbonyl (C=O) groups is 1. The highest BCUT2D eigenvalue weighted by atomic mass is 79.9. The number of carbonyl (C=O) groups excluding carboxylic acids is 1. The summed E-state index contributed by atoms with van der Waals surface area (Å²) >= 11 is 3.65. The Bertz CT molecular complexity index is 1390. The standard InChI is InChI=1S/C28H33BrF2N2O4S/c1-27(2,3)33-26(34)37-23(15-17-13-18(30)16-19(31)14-17)25-24(29)21-10-8-7-9-20(21)22(32-25)11-12-28(4,5)38(6,35)36/h13-14,16,23H,7-10,15H2,1-6H3,(H,33,34)/t23-/m0/s1. The Morgan fingerprint density at radius 1 is 1.11 bits per heavy atom. The number of ether oxygens (including phenoxy) is 1. The quantitative estimate of drug-likeness (QED) is 0.421. The molecule has 38 heavy (non-hydrogen) atoms. The van der Waals surface area contributed by atoms with Crippen molar-refractivity contribution in [3.05, 3.63) is 62.4 Å². The summed E-state index contributed by atoms with van der Waals surface area (Å²) in [6.45, 7) is 8.46. The van der Waals surface area contributed by atoms with Gasteiger partial charge in [-0.1, -0.05) is 5.92 Å². The Labute approximate surface area is 232 Å². The molecule has 0 aliphatic heterocycles. The summed E-state index contributed by atoms with van der Waals surface area (Å²) in [6.07, 6.45) is 2.68. The Morgan fingerprint density at radius 2 is 1.68 bits per heavy atom. The molecular formula is C28H33BrF2N2O4S. The van der Waals surface area contributed by atoms with Gasteiger partial charge in [0.05, 0.1) is 5.69 Å². The first-order valence-corrected chi connectivity index (χ1v) is 15.0. The van der Waals surface area contributed by atoms with Crippen molar-refractivity contribution >= 4 is 31.9 Å². The number of amides is 1. The van der Waals surface area contributed by atoms with Crippen molar-refractivity contribution in [2.24, 2.45) is 0 Å². The van der Waals surface area contributed by atoms with E-state index in [1.165, 1.54) is 26.0 Å². The van der Waals surface area contributed by atoms with Crippen LogP contribution in [0.25, 0.3) is 0 Å². The van der Waals surface area contributed by atoms with Gasteiger partial charge >= 0.3 is 6.09 Å². The molecule has 0 fully saturated rings. The first kappa shape index (κ1) is 30.0. The number of nitrogens with one attached hydrogen (secondary N) is 1. The number of hydrogen-bond acceptors (Lipinski definition) is 5. The minimum atomic E-state index is -3.47. The van der Waals surface area contributed by atoms with E-state index in [0.717, 1.165) is 49.1 Å². The molecule has 1 aliphatic carbocycles. The minimum absolute atomic E-state index is 0.0433. The van der Waals surface area contributed by atoms with Crippen molar-refractivity contribution in [3.8, 4) is 11.8 Å². The maximum Gasteiger partial charge on any atom is 0.408 e. The molecule has 0 spiro atoms. The number of halogens is 3. The number of hydrogen-bond donors (Lipinski definition) is 1. The summed E-state index contributed by atoms with van der Waals surface area (Å²) in [5.74, 6) is 4.34. The van der Waals surface area contributed by atoms with Crippen LogP contribution < -0.4 is 5.32 Å². The fourth-order valence-corrected chi connectivity index (χ4v) is 5.04. The molecule has 1 aromatic carbocycles. The van der Waals surface area contributed by atoms with Gasteiger partial charge in [-0.3, -0.25) is 0 Å². The van der Waals surface area contributed by atoms with Crippen LogP contribution in [0.1, 0.15) is 81.6 Å². The number of nitrogens with zero attached hydrogens (tertiary/aromatic N) is 1. The summed E-state index contributed by atoms with van der Waals surface area (Å²) in [5.41, 5.74) is 2.33. The number of rotatable bonds is 5. The van der Waals surface area contributed by atoms with Gasteiger partial charge in [-0.05, 0) is 111 Å². The molecule has 6 nitrogen and oxygen atoms in total. The highest BCUT2D eigenvalue weighted by molar-refractivity contribution is 9.10. The molecule has 1 heterocycles. The average Bonchev–Trinajstić information content (AvgIpc) is 2.75. The first-order valence-electron chi connectivity index (χ1n) is 12.3. The highest BCUT2D eigenvalue weighted by Crippen LogP contribution is 2.37. The fraction of sp³-hybridized carbons (Fsp3) is 0.500. The van der Waals surface area contributed by atoms with Crippen molar-refractivity contribution in [1.29, 1.82) is 0 Å². The predicted molar refractivity (Wildman–Crippen MR) is 147 cm³/mol. The minimum Gasteiger partial charge on any atom is -0.439 e. The number of pyridine rings is 1. The molecule has 206 valence electrons. The normalized spacial score (nSPS) is 14.7. The maximum atomic E-state index is 14.0. The Morgan fingerprint density at radius 3 is 2.24 bits per heavy atom. The first-order chi connectivity index (χ1) is 17.5. The molecule has 3 rings (SSSR count). The number of benzene rings is 1. The second kappa shape index (κ2) is 11.3. The Kier molecular flexibility index (Phi) is 8.94. The van der Waals surface area contributed by atoms with Gasteiger partial charge < -0.3 is 10.1 Å². The molecule has 0 bridgehead atoms. The SMILES string of the molecule is CC(C)(C)NC(=O)O[C@@H](Cc1cc(F)cc(F)c1)c1nc(C#CC(C)(C)S(C)(=O)=O)c2c(c1Br)CCCC2. The molecule has 0 unspecified atom stereocenters. The van der Waals surface area contributed by atoms with Crippen molar-refractivity contribution in [2.45, 2.75) is 83.1 Å². The van der Waals surface area contributed by atoms with Crippen LogP contribution in [-0.2, 0) is 33.8 Å². The zero-order valence-electron chi connectivity index (χ0n) is 22.5.